The zero-order valence-electron chi connectivity index (χ0n) is 17.5. The molecule has 2 aromatic carbocycles. The number of hydrogen-bond acceptors (Lipinski definition) is 5. The molecule has 30 heavy (non-hydrogen) atoms. The minimum absolute atomic E-state index is 0.220. The first-order valence-corrected chi connectivity index (χ1v) is 10.8. The number of morpholine rings is 1. The van der Waals surface area contributed by atoms with E-state index in [-0.39, 0.29) is 5.92 Å². The Morgan fingerprint density at radius 2 is 1.83 bits per heavy atom. The molecule has 0 aliphatic carbocycles. The highest BCUT2D eigenvalue weighted by Crippen LogP contribution is 2.30. The van der Waals surface area contributed by atoms with Gasteiger partial charge in [0, 0.05) is 25.2 Å². The van der Waals surface area contributed by atoms with E-state index in [1.54, 1.807) is 6.07 Å². The molecule has 1 saturated heterocycles. The number of phenolic OH excluding ortho intramolecular Hbond substituents is 1. The average Bonchev–Trinajstić information content (AvgIpc) is 3.09. The molecule has 0 saturated carbocycles. The Kier molecular flexibility index (Phi) is 6.32. The van der Waals surface area contributed by atoms with Gasteiger partial charge in [0.1, 0.15) is 5.75 Å². The second kappa shape index (κ2) is 9.12. The molecule has 0 radical (unpaired) electrons. The fourth-order valence-electron chi connectivity index (χ4n) is 3.87. The number of ether oxygens (including phenoxy) is 1. The second-order valence-corrected chi connectivity index (χ2v) is 8.46. The van der Waals surface area contributed by atoms with Gasteiger partial charge in [-0.1, -0.05) is 38.1 Å². The minimum Gasteiger partial charge on any atom is -0.508 e. The van der Waals surface area contributed by atoms with Crippen molar-refractivity contribution in [3.8, 4) is 17.1 Å². The maximum Gasteiger partial charge on any atom is 0.195 e. The van der Waals surface area contributed by atoms with Crippen molar-refractivity contribution in [2.24, 2.45) is 0 Å². The molecular weight excluding hydrogens is 396 g/mol. The van der Waals surface area contributed by atoms with Gasteiger partial charge in [-0.05, 0) is 53.0 Å². The zero-order valence-corrected chi connectivity index (χ0v) is 18.3. The molecule has 1 aromatic heterocycles. The molecule has 0 atom stereocenters. The summed E-state index contributed by atoms with van der Waals surface area (Å²) < 4.78 is 8.05. The summed E-state index contributed by atoms with van der Waals surface area (Å²) in [5.74, 6) is 1.31. The molecular formula is C23H28N4O2S. The van der Waals surface area contributed by atoms with E-state index in [4.69, 9.17) is 17.0 Å². The van der Waals surface area contributed by atoms with Crippen LogP contribution >= 0.6 is 12.2 Å². The lowest BCUT2D eigenvalue weighted by Crippen LogP contribution is -2.35. The van der Waals surface area contributed by atoms with Crippen LogP contribution in [0, 0.1) is 4.77 Å². The number of hydrogen-bond donors (Lipinski definition) is 2. The Balaban J connectivity index is 1.59. The number of phenols is 1. The van der Waals surface area contributed by atoms with Crippen molar-refractivity contribution >= 4 is 12.2 Å². The molecule has 7 heteroatoms. The smallest absolute Gasteiger partial charge is 0.195 e. The van der Waals surface area contributed by atoms with Gasteiger partial charge in [-0.15, -0.1) is 0 Å². The fourth-order valence-corrected chi connectivity index (χ4v) is 4.06. The van der Waals surface area contributed by atoms with E-state index in [1.165, 1.54) is 11.1 Å². The van der Waals surface area contributed by atoms with Crippen molar-refractivity contribution < 1.29 is 9.84 Å². The Hall–Kier alpha value is -2.48. The van der Waals surface area contributed by atoms with E-state index >= 15 is 0 Å². The molecule has 1 aliphatic heterocycles. The van der Waals surface area contributed by atoms with Gasteiger partial charge in [-0.25, -0.2) is 0 Å². The average molecular weight is 425 g/mol. The Morgan fingerprint density at radius 1 is 1.10 bits per heavy atom. The number of rotatable bonds is 6. The lowest BCUT2D eigenvalue weighted by molar-refractivity contribution is 0.0342. The van der Waals surface area contributed by atoms with Gasteiger partial charge < -0.3 is 9.84 Å². The summed E-state index contributed by atoms with van der Waals surface area (Å²) in [5.41, 5.74) is 4.31. The van der Waals surface area contributed by atoms with Gasteiger partial charge >= 0.3 is 0 Å². The molecule has 0 unspecified atom stereocenters. The molecule has 0 spiro atoms. The van der Waals surface area contributed by atoms with Crippen LogP contribution in [0.3, 0.4) is 0 Å². The van der Waals surface area contributed by atoms with Crippen LogP contribution in [0.4, 0.5) is 0 Å². The number of aromatic hydroxyl groups is 1. The first-order valence-electron chi connectivity index (χ1n) is 10.4. The molecule has 2 N–H and O–H groups in total. The molecule has 1 fully saturated rings. The van der Waals surface area contributed by atoms with Crippen molar-refractivity contribution in [3.05, 3.63) is 63.9 Å². The van der Waals surface area contributed by atoms with Crippen molar-refractivity contribution in [2.75, 3.05) is 26.3 Å². The summed E-state index contributed by atoms with van der Waals surface area (Å²) in [6.07, 6.45) is 0. The van der Waals surface area contributed by atoms with Crippen molar-refractivity contribution in [3.63, 3.8) is 0 Å². The Morgan fingerprint density at radius 3 is 2.57 bits per heavy atom. The third-order valence-electron chi connectivity index (χ3n) is 5.51. The van der Waals surface area contributed by atoms with Gasteiger partial charge in [0.05, 0.1) is 19.8 Å². The highest BCUT2D eigenvalue weighted by molar-refractivity contribution is 7.71. The van der Waals surface area contributed by atoms with Crippen LogP contribution < -0.4 is 0 Å². The Bertz CT molecular complexity index is 1070. The Labute approximate surface area is 182 Å². The van der Waals surface area contributed by atoms with E-state index in [9.17, 15) is 5.11 Å². The van der Waals surface area contributed by atoms with E-state index in [0.717, 1.165) is 49.8 Å². The monoisotopic (exact) mass is 424 g/mol. The second-order valence-electron chi connectivity index (χ2n) is 8.08. The normalized spacial score (nSPS) is 15.0. The molecule has 0 bridgehead atoms. The standard InChI is InChI=1S/C23H28N4O2S/c1-16(2)20-13-19(6-7-21(20)28)22-24-25-23(30)27(22)15-18-5-3-4-17(12-18)14-26-8-10-29-11-9-26/h3-7,12-13,16,28H,8-11,14-15H2,1-2H3,(H,25,30). The van der Waals surface area contributed by atoms with Crippen molar-refractivity contribution in [1.29, 1.82) is 0 Å². The summed E-state index contributed by atoms with van der Waals surface area (Å²) in [7, 11) is 0. The lowest BCUT2D eigenvalue weighted by atomic mass is 9.99. The number of nitrogens with one attached hydrogen (secondary N) is 1. The summed E-state index contributed by atoms with van der Waals surface area (Å²) in [6.45, 7) is 9.25. The van der Waals surface area contributed by atoms with E-state index < -0.39 is 0 Å². The molecule has 6 nitrogen and oxygen atoms in total. The van der Waals surface area contributed by atoms with Crippen molar-refractivity contribution in [2.45, 2.75) is 32.9 Å². The van der Waals surface area contributed by atoms with Gasteiger partial charge in [0.2, 0.25) is 0 Å². The predicted molar refractivity (Wildman–Crippen MR) is 120 cm³/mol. The van der Waals surface area contributed by atoms with Crippen LogP contribution in [0.15, 0.2) is 42.5 Å². The number of benzene rings is 2. The van der Waals surface area contributed by atoms with Crippen LogP contribution in [0.1, 0.15) is 36.5 Å². The zero-order chi connectivity index (χ0) is 21.1. The lowest BCUT2D eigenvalue weighted by Gasteiger charge is -2.26. The highest BCUT2D eigenvalue weighted by atomic mass is 32.1. The van der Waals surface area contributed by atoms with Gasteiger partial charge in [0.25, 0.3) is 0 Å². The maximum atomic E-state index is 10.2. The van der Waals surface area contributed by atoms with Gasteiger partial charge in [-0.2, -0.15) is 5.10 Å². The highest BCUT2D eigenvalue weighted by Gasteiger charge is 2.14. The van der Waals surface area contributed by atoms with Gasteiger partial charge in [-0.3, -0.25) is 14.6 Å². The topological polar surface area (TPSA) is 66.3 Å². The molecule has 158 valence electrons. The van der Waals surface area contributed by atoms with E-state index in [0.29, 0.717) is 17.1 Å². The number of aromatic nitrogens is 3. The predicted octanol–water partition coefficient (Wildman–Crippen LogP) is 4.32. The molecule has 0 amide bonds. The summed E-state index contributed by atoms with van der Waals surface area (Å²) in [4.78, 5) is 2.42. The fraction of sp³-hybridized carbons (Fsp3) is 0.391. The number of aromatic amines is 1. The number of H-pyrrole nitrogens is 1. The van der Waals surface area contributed by atoms with Crippen LogP contribution in [0.25, 0.3) is 11.4 Å². The first-order chi connectivity index (χ1) is 14.5. The summed E-state index contributed by atoms with van der Waals surface area (Å²) >= 11 is 5.52. The number of nitrogens with zero attached hydrogens (tertiary/aromatic N) is 3. The molecule has 3 aromatic rings. The van der Waals surface area contributed by atoms with Crippen molar-refractivity contribution in [1.82, 2.24) is 19.7 Å². The maximum absolute atomic E-state index is 10.2. The largest absolute Gasteiger partial charge is 0.508 e. The third-order valence-corrected chi connectivity index (χ3v) is 5.82. The van der Waals surface area contributed by atoms with Crippen LogP contribution in [-0.4, -0.2) is 51.1 Å². The van der Waals surface area contributed by atoms with Gasteiger partial charge in [0.15, 0.2) is 10.6 Å². The quantitative estimate of drug-likeness (QED) is 0.577. The van der Waals surface area contributed by atoms with Crippen LogP contribution in [-0.2, 0) is 17.8 Å². The summed E-state index contributed by atoms with van der Waals surface area (Å²) in [6, 6.07) is 14.3. The SMILES string of the molecule is CC(C)c1cc(-c2n[nH]c(=S)n2Cc2cccc(CN3CCOCC3)c2)ccc1O. The van der Waals surface area contributed by atoms with Crippen LogP contribution in [0.5, 0.6) is 5.75 Å². The van der Waals surface area contributed by atoms with E-state index in [2.05, 4.69) is 53.2 Å². The first kappa shape index (κ1) is 20.8. The third kappa shape index (κ3) is 4.64. The van der Waals surface area contributed by atoms with E-state index in [1.807, 2.05) is 16.7 Å². The van der Waals surface area contributed by atoms with Crippen LogP contribution in [0.2, 0.25) is 0 Å². The minimum atomic E-state index is 0.220. The summed E-state index contributed by atoms with van der Waals surface area (Å²) in [5, 5.41) is 17.6. The molecule has 4 rings (SSSR count). The molecule has 1 aliphatic rings. The molecule has 2 heterocycles.